The molecule has 1 fully saturated rings. The largest absolute Gasteiger partial charge is 0.497 e. The van der Waals surface area contributed by atoms with Gasteiger partial charge in [0.1, 0.15) is 11.5 Å². The summed E-state index contributed by atoms with van der Waals surface area (Å²) in [7, 11) is 1.69. The third-order valence-corrected chi connectivity index (χ3v) is 5.42. The second kappa shape index (κ2) is 11.5. The first-order valence-corrected chi connectivity index (χ1v) is 10.5. The number of nitrogens with zero attached hydrogens (tertiary/aromatic N) is 1. The average molecular weight is 397 g/mol. The molecule has 1 aliphatic rings. The molecule has 2 aromatic carbocycles. The Morgan fingerprint density at radius 3 is 2.45 bits per heavy atom. The Bertz CT molecular complexity index is 726. The molecule has 2 aromatic rings. The maximum Gasteiger partial charge on any atom is 0.220 e. The van der Waals surface area contributed by atoms with E-state index in [0.29, 0.717) is 18.9 Å². The van der Waals surface area contributed by atoms with Crippen LogP contribution in [0.5, 0.6) is 11.5 Å². The van der Waals surface area contributed by atoms with Gasteiger partial charge in [-0.05, 0) is 68.1 Å². The number of hydrogen-bond donors (Lipinski definition) is 1. The Morgan fingerprint density at radius 1 is 1.03 bits per heavy atom. The molecule has 1 saturated heterocycles. The quantitative estimate of drug-likeness (QED) is 0.619. The summed E-state index contributed by atoms with van der Waals surface area (Å²) in [4.78, 5) is 14.6. The van der Waals surface area contributed by atoms with Crippen molar-refractivity contribution in [1.29, 1.82) is 0 Å². The van der Waals surface area contributed by atoms with Crippen LogP contribution in [0.2, 0.25) is 0 Å². The zero-order valence-corrected chi connectivity index (χ0v) is 17.3. The summed E-state index contributed by atoms with van der Waals surface area (Å²) >= 11 is 0. The van der Waals surface area contributed by atoms with E-state index in [9.17, 15) is 4.79 Å². The minimum absolute atomic E-state index is 0.127. The third-order valence-electron chi connectivity index (χ3n) is 5.42. The molecule has 156 valence electrons. The molecule has 29 heavy (non-hydrogen) atoms. The van der Waals surface area contributed by atoms with Gasteiger partial charge in [-0.1, -0.05) is 30.3 Å². The molecule has 0 atom stereocenters. The summed E-state index contributed by atoms with van der Waals surface area (Å²) < 4.78 is 10.8. The van der Waals surface area contributed by atoms with E-state index in [2.05, 4.69) is 22.3 Å². The van der Waals surface area contributed by atoms with E-state index in [0.717, 1.165) is 56.9 Å². The molecule has 0 bridgehead atoms. The van der Waals surface area contributed by atoms with E-state index in [1.807, 2.05) is 42.5 Å². The lowest BCUT2D eigenvalue weighted by Crippen LogP contribution is -2.38. The van der Waals surface area contributed by atoms with Crippen molar-refractivity contribution in [2.75, 3.05) is 33.4 Å². The molecule has 0 saturated carbocycles. The zero-order chi connectivity index (χ0) is 20.3. The van der Waals surface area contributed by atoms with Crippen LogP contribution in [0.25, 0.3) is 0 Å². The van der Waals surface area contributed by atoms with Crippen LogP contribution < -0.4 is 14.8 Å². The van der Waals surface area contributed by atoms with Crippen LogP contribution in [-0.2, 0) is 11.3 Å². The molecule has 1 heterocycles. The second-order valence-electron chi connectivity index (χ2n) is 7.64. The molecule has 0 radical (unpaired) electrons. The highest BCUT2D eigenvalue weighted by molar-refractivity contribution is 5.75. The van der Waals surface area contributed by atoms with Gasteiger partial charge in [-0.25, -0.2) is 0 Å². The first kappa shape index (κ1) is 21.2. The standard InChI is InChI=1S/C24H32N2O3/c1-28-22-11-9-21(10-12-22)19-26-15-13-20(14-16-26)18-25-24(27)8-5-17-29-23-6-3-2-4-7-23/h2-4,6-7,9-12,20H,5,8,13-19H2,1H3,(H,25,27). The SMILES string of the molecule is COc1ccc(CN2CCC(CNC(=O)CCCOc3ccccc3)CC2)cc1. The van der Waals surface area contributed by atoms with E-state index in [4.69, 9.17) is 9.47 Å². The molecular weight excluding hydrogens is 364 g/mol. The fourth-order valence-corrected chi connectivity index (χ4v) is 3.62. The van der Waals surface area contributed by atoms with Crippen molar-refractivity contribution in [3.05, 3.63) is 60.2 Å². The molecule has 0 unspecified atom stereocenters. The number of nitrogens with one attached hydrogen (secondary N) is 1. The summed E-state index contributed by atoms with van der Waals surface area (Å²) in [6.07, 6.45) is 3.52. The van der Waals surface area contributed by atoms with Crippen molar-refractivity contribution in [3.63, 3.8) is 0 Å². The van der Waals surface area contributed by atoms with Gasteiger partial charge in [-0.15, -0.1) is 0 Å². The summed E-state index contributed by atoms with van der Waals surface area (Å²) in [5.41, 5.74) is 1.32. The Hall–Kier alpha value is -2.53. The van der Waals surface area contributed by atoms with Gasteiger partial charge in [-0.3, -0.25) is 9.69 Å². The van der Waals surface area contributed by atoms with E-state index in [1.165, 1.54) is 5.56 Å². The number of amides is 1. The van der Waals surface area contributed by atoms with Gasteiger partial charge in [0.25, 0.3) is 0 Å². The molecule has 5 nitrogen and oxygen atoms in total. The fraction of sp³-hybridized carbons (Fsp3) is 0.458. The van der Waals surface area contributed by atoms with Crippen LogP contribution in [0.1, 0.15) is 31.2 Å². The van der Waals surface area contributed by atoms with Gasteiger partial charge in [0.05, 0.1) is 13.7 Å². The summed E-state index contributed by atoms with van der Waals surface area (Å²) in [5, 5.41) is 3.10. The fourth-order valence-electron chi connectivity index (χ4n) is 3.62. The summed E-state index contributed by atoms with van der Waals surface area (Å²) in [5.74, 6) is 2.46. The van der Waals surface area contributed by atoms with Crippen LogP contribution in [0.3, 0.4) is 0 Å². The molecule has 5 heteroatoms. The van der Waals surface area contributed by atoms with Gasteiger partial charge in [-0.2, -0.15) is 0 Å². The third kappa shape index (κ3) is 7.42. The molecule has 0 aromatic heterocycles. The van der Waals surface area contributed by atoms with Crippen molar-refractivity contribution < 1.29 is 14.3 Å². The number of rotatable bonds is 10. The Balaban J connectivity index is 1.26. The normalized spacial score (nSPS) is 15.1. The molecular formula is C24H32N2O3. The van der Waals surface area contributed by atoms with E-state index < -0.39 is 0 Å². The number of methoxy groups -OCH3 is 1. The number of likely N-dealkylation sites (tertiary alicyclic amines) is 1. The molecule has 1 N–H and O–H groups in total. The van der Waals surface area contributed by atoms with Gasteiger partial charge in [0.15, 0.2) is 0 Å². The Morgan fingerprint density at radius 2 is 1.76 bits per heavy atom. The number of para-hydroxylation sites is 1. The lowest BCUT2D eigenvalue weighted by atomic mass is 9.96. The highest BCUT2D eigenvalue weighted by atomic mass is 16.5. The maximum atomic E-state index is 12.1. The monoisotopic (exact) mass is 396 g/mol. The predicted molar refractivity (Wildman–Crippen MR) is 115 cm³/mol. The summed E-state index contributed by atoms with van der Waals surface area (Å²) in [6.45, 7) is 4.50. The van der Waals surface area contributed by atoms with Gasteiger partial charge in [0, 0.05) is 19.5 Å². The van der Waals surface area contributed by atoms with E-state index in [-0.39, 0.29) is 5.91 Å². The molecule has 1 amide bonds. The maximum absolute atomic E-state index is 12.1. The topological polar surface area (TPSA) is 50.8 Å². The average Bonchev–Trinajstić information content (AvgIpc) is 2.77. The molecule has 3 rings (SSSR count). The van der Waals surface area contributed by atoms with Crippen molar-refractivity contribution in [3.8, 4) is 11.5 Å². The van der Waals surface area contributed by atoms with Crippen molar-refractivity contribution in [2.24, 2.45) is 5.92 Å². The lowest BCUT2D eigenvalue weighted by Gasteiger charge is -2.32. The summed E-state index contributed by atoms with van der Waals surface area (Å²) in [6, 6.07) is 18.0. The minimum atomic E-state index is 0.127. The first-order valence-electron chi connectivity index (χ1n) is 10.5. The van der Waals surface area contributed by atoms with Gasteiger partial charge >= 0.3 is 0 Å². The highest BCUT2D eigenvalue weighted by Crippen LogP contribution is 2.19. The smallest absolute Gasteiger partial charge is 0.220 e. The predicted octanol–water partition coefficient (Wildman–Crippen LogP) is 3.88. The Labute approximate surface area is 174 Å². The van der Waals surface area contributed by atoms with Crippen LogP contribution in [-0.4, -0.2) is 44.2 Å². The minimum Gasteiger partial charge on any atom is -0.497 e. The Kier molecular flexibility index (Phi) is 8.38. The highest BCUT2D eigenvalue weighted by Gasteiger charge is 2.19. The number of hydrogen-bond acceptors (Lipinski definition) is 4. The number of carbonyl (C=O) groups excluding carboxylic acids is 1. The van der Waals surface area contributed by atoms with Crippen LogP contribution >= 0.6 is 0 Å². The van der Waals surface area contributed by atoms with Crippen molar-refractivity contribution >= 4 is 5.91 Å². The van der Waals surface area contributed by atoms with Crippen LogP contribution in [0.15, 0.2) is 54.6 Å². The van der Waals surface area contributed by atoms with Gasteiger partial charge < -0.3 is 14.8 Å². The number of carbonyl (C=O) groups is 1. The number of piperidine rings is 1. The zero-order valence-electron chi connectivity index (χ0n) is 17.3. The van der Waals surface area contributed by atoms with Crippen LogP contribution in [0.4, 0.5) is 0 Å². The van der Waals surface area contributed by atoms with Crippen LogP contribution in [0, 0.1) is 5.92 Å². The number of ether oxygens (including phenoxy) is 2. The second-order valence-corrected chi connectivity index (χ2v) is 7.64. The van der Waals surface area contributed by atoms with Gasteiger partial charge in [0.2, 0.25) is 5.91 Å². The van der Waals surface area contributed by atoms with E-state index >= 15 is 0 Å². The molecule has 0 aliphatic carbocycles. The number of benzene rings is 2. The van der Waals surface area contributed by atoms with Crippen molar-refractivity contribution in [1.82, 2.24) is 10.2 Å². The lowest BCUT2D eigenvalue weighted by molar-refractivity contribution is -0.121. The molecule has 0 spiro atoms. The van der Waals surface area contributed by atoms with E-state index in [1.54, 1.807) is 7.11 Å². The molecule has 1 aliphatic heterocycles. The first-order chi connectivity index (χ1) is 14.2. The van der Waals surface area contributed by atoms with Crippen molar-refractivity contribution in [2.45, 2.75) is 32.2 Å².